The molecule has 1 aromatic carbocycles. The van der Waals surface area contributed by atoms with E-state index in [1.807, 2.05) is 44.2 Å². The molecular formula is C17H15N3O. The molecule has 0 amide bonds. The van der Waals surface area contributed by atoms with Crippen molar-refractivity contribution in [1.29, 1.82) is 0 Å². The van der Waals surface area contributed by atoms with Gasteiger partial charge in [-0.1, -0.05) is 18.2 Å². The maximum atomic E-state index is 11.3. The molecule has 0 saturated heterocycles. The summed E-state index contributed by atoms with van der Waals surface area (Å²) in [6, 6.07) is 9.91. The molecule has 104 valence electrons. The Hall–Kier alpha value is -2.75. The van der Waals surface area contributed by atoms with Crippen LogP contribution in [0.4, 0.5) is 0 Å². The number of pyridine rings is 1. The second kappa shape index (κ2) is 5.32. The van der Waals surface area contributed by atoms with Crippen LogP contribution in [0.2, 0.25) is 0 Å². The molecule has 0 fully saturated rings. The van der Waals surface area contributed by atoms with Gasteiger partial charge in [0.25, 0.3) is 0 Å². The molecule has 4 nitrogen and oxygen atoms in total. The molecule has 4 heteroatoms. The van der Waals surface area contributed by atoms with Crippen LogP contribution in [0, 0.1) is 13.8 Å². The third kappa shape index (κ3) is 2.48. The van der Waals surface area contributed by atoms with Gasteiger partial charge < -0.3 is 0 Å². The van der Waals surface area contributed by atoms with Crippen LogP contribution < -0.4 is 0 Å². The number of hydrogen-bond acceptors (Lipinski definition) is 3. The number of carbonyl (C=O) groups is 1. The summed E-state index contributed by atoms with van der Waals surface area (Å²) < 4.78 is 1.75. The molecule has 0 atom stereocenters. The van der Waals surface area contributed by atoms with Gasteiger partial charge in [0, 0.05) is 24.2 Å². The molecule has 21 heavy (non-hydrogen) atoms. The number of aryl methyl sites for hydroxylation is 2. The largest absolute Gasteiger partial charge is 0.298 e. The van der Waals surface area contributed by atoms with Gasteiger partial charge in [-0.25, -0.2) is 4.68 Å². The van der Waals surface area contributed by atoms with E-state index in [0.29, 0.717) is 11.3 Å². The Morgan fingerprint density at radius 1 is 1.14 bits per heavy atom. The highest BCUT2D eigenvalue weighted by molar-refractivity contribution is 5.85. The van der Waals surface area contributed by atoms with Crippen molar-refractivity contribution in [2.45, 2.75) is 13.8 Å². The smallest absolute Gasteiger partial charge is 0.153 e. The fraction of sp³-hybridized carbons (Fsp3) is 0.118. The summed E-state index contributed by atoms with van der Waals surface area (Å²) in [5.74, 6) is 0. The average molecular weight is 277 g/mol. The first-order valence-corrected chi connectivity index (χ1v) is 6.72. The van der Waals surface area contributed by atoms with Crippen molar-refractivity contribution in [3.8, 4) is 16.9 Å². The van der Waals surface area contributed by atoms with E-state index in [-0.39, 0.29) is 0 Å². The maximum absolute atomic E-state index is 11.3. The first-order valence-electron chi connectivity index (χ1n) is 6.72. The number of carbonyl (C=O) groups excluding carboxylic acids is 1. The molecule has 3 rings (SSSR count). The van der Waals surface area contributed by atoms with E-state index in [1.165, 1.54) is 0 Å². The van der Waals surface area contributed by atoms with Crippen LogP contribution in [-0.4, -0.2) is 21.1 Å². The van der Waals surface area contributed by atoms with Gasteiger partial charge >= 0.3 is 0 Å². The van der Waals surface area contributed by atoms with Gasteiger partial charge in [0.05, 0.1) is 11.3 Å². The molecular weight excluding hydrogens is 262 g/mol. The summed E-state index contributed by atoms with van der Waals surface area (Å²) in [6.45, 7) is 3.99. The highest BCUT2D eigenvalue weighted by atomic mass is 16.1. The maximum Gasteiger partial charge on any atom is 0.153 e. The van der Waals surface area contributed by atoms with Crippen LogP contribution >= 0.6 is 0 Å². The highest BCUT2D eigenvalue weighted by Crippen LogP contribution is 2.23. The van der Waals surface area contributed by atoms with E-state index in [1.54, 1.807) is 23.3 Å². The molecule has 2 aromatic heterocycles. The lowest BCUT2D eigenvalue weighted by atomic mass is 10.1. The van der Waals surface area contributed by atoms with Crippen LogP contribution in [0.25, 0.3) is 16.9 Å². The Kier molecular flexibility index (Phi) is 3.36. The van der Waals surface area contributed by atoms with E-state index in [2.05, 4.69) is 10.1 Å². The van der Waals surface area contributed by atoms with Gasteiger partial charge in [0.2, 0.25) is 0 Å². The second-order valence-electron chi connectivity index (χ2n) is 5.03. The van der Waals surface area contributed by atoms with Gasteiger partial charge in [-0.2, -0.15) is 5.10 Å². The summed E-state index contributed by atoms with van der Waals surface area (Å²) in [4.78, 5) is 15.5. The number of rotatable bonds is 3. The zero-order valence-electron chi connectivity index (χ0n) is 11.9. The lowest BCUT2D eigenvalue weighted by Gasteiger charge is -2.04. The van der Waals surface area contributed by atoms with Crippen LogP contribution in [-0.2, 0) is 0 Å². The second-order valence-corrected chi connectivity index (χ2v) is 5.03. The van der Waals surface area contributed by atoms with Crippen LogP contribution in [0.15, 0.2) is 48.9 Å². The first-order chi connectivity index (χ1) is 10.2. The molecule has 0 bridgehead atoms. The molecule has 0 spiro atoms. The summed E-state index contributed by atoms with van der Waals surface area (Å²) in [6.07, 6.45) is 6.10. The van der Waals surface area contributed by atoms with Crippen LogP contribution in [0.3, 0.4) is 0 Å². The Balaban J connectivity index is 2.15. The Bertz CT molecular complexity index is 805. The lowest BCUT2D eigenvalue weighted by Crippen LogP contribution is -1.97. The third-order valence-electron chi connectivity index (χ3n) is 3.38. The standard InChI is InChI=1S/C17H15N3O/c1-12-7-14(9-18-8-12)17-15(11-21)10-20(19-17)16-6-4-3-5-13(16)2/h3-11H,1-2H3. The van der Waals surface area contributed by atoms with Crippen molar-refractivity contribution in [2.24, 2.45) is 0 Å². The van der Waals surface area contributed by atoms with Gasteiger partial charge in [-0.15, -0.1) is 0 Å². The van der Waals surface area contributed by atoms with Crippen molar-refractivity contribution < 1.29 is 4.79 Å². The minimum atomic E-state index is 0.561. The molecule has 0 radical (unpaired) electrons. The molecule has 0 aliphatic heterocycles. The molecule has 3 aromatic rings. The number of para-hydroxylation sites is 1. The first kappa shape index (κ1) is 13.2. The number of aldehydes is 1. The SMILES string of the molecule is Cc1cncc(-c2nn(-c3ccccc3C)cc2C=O)c1. The lowest BCUT2D eigenvalue weighted by molar-refractivity contribution is 0.112. The normalized spacial score (nSPS) is 10.6. The van der Waals surface area contributed by atoms with E-state index in [4.69, 9.17) is 0 Å². The minimum absolute atomic E-state index is 0.561. The van der Waals surface area contributed by atoms with E-state index in [0.717, 1.165) is 28.7 Å². The number of nitrogens with zero attached hydrogens (tertiary/aromatic N) is 3. The topological polar surface area (TPSA) is 47.8 Å². The monoisotopic (exact) mass is 277 g/mol. The van der Waals surface area contributed by atoms with Crippen molar-refractivity contribution in [3.05, 3.63) is 65.6 Å². The van der Waals surface area contributed by atoms with Gasteiger partial charge in [-0.05, 0) is 37.1 Å². The minimum Gasteiger partial charge on any atom is -0.298 e. The van der Waals surface area contributed by atoms with Crippen LogP contribution in [0.5, 0.6) is 0 Å². The van der Waals surface area contributed by atoms with Crippen molar-refractivity contribution in [2.75, 3.05) is 0 Å². The predicted molar refractivity (Wildman–Crippen MR) is 81.7 cm³/mol. The number of aromatic nitrogens is 3. The Labute approximate surface area is 123 Å². The quantitative estimate of drug-likeness (QED) is 0.690. The molecule has 0 aliphatic carbocycles. The summed E-state index contributed by atoms with van der Waals surface area (Å²) in [5, 5.41) is 4.57. The molecule has 0 unspecified atom stereocenters. The van der Waals surface area contributed by atoms with Crippen LogP contribution in [0.1, 0.15) is 21.5 Å². The molecule has 0 aliphatic rings. The number of hydrogen-bond donors (Lipinski definition) is 0. The fourth-order valence-electron chi connectivity index (χ4n) is 2.33. The van der Waals surface area contributed by atoms with Crippen molar-refractivity contribution in [3.63, 3.8) is 0 Å². The molecule has 0 saturated carbocycles. The van der Waals surface area contributed by atoms with E-state index >= 15 is 0 Å². The Morgan fingerprint density at radius 3 is 2.67 bits per heavy atom. The summed E-state index contributed by atoms with van der Waals surface area (Å²) >= 11 is 0. The highest BCUT2D eigenvalue weighted by Gasteiger charge is 2.13. The zero-order valence-corrected chi connectivity index (χ0v) is 11.9. The third-order valence-corrected chi connectivity index (χ3v) is 3.38. The van der Waals surface area contributed by atoms with Gasteiger partial charge in [0.1, 0.15) is 5.69 Å². The Morgan fingerprint density at radius 2 is 1.95 bits per heavy atom. The molecule has 0 N–H and O–H groups in total. The van der Waals surface area contributed by atoms with Gasteiger partial charge in [0.15, 0.2) is 6.29 Å². The van der Waals surface area contributed by atoms with E-state index < -0.39 is 0 Å². The summed E-state index contributed by atoms with van der Waals surface area (Å²) in [5.41, 5.74) is 5.17. The predicted octanol–water partition coefficient (Wildman–Crippen LogP) is 3.36. The average Bonchev–Trinajstić information content (AvgIpc) is 2.92. The van der Waals surface area contributed by atoms with Gasteiger partial charge in [-0.3, -0.25) is 9.78 Å². The van der Waals surface area contributed by atoms with E-state index in [9.17, 15) is 4.79 Å². The number of benzene rings is 1. The van der Waals surface area contributed by atoms with Crippen molar-refractivity contribution in [1.82, 2.24) is 14.8 Å². The summed E-state index contributed by atoms with van der Waals surface area (Å²) in [7, 11) is 0. The fourth-order valence-corrected chi connectivity index (χ4v) is 2.33. The molecule has 2 heterocycles. The van der Waals surface area contributed by atoms with Crippen molar-refractivity contribution >= 4 is 6.29 Å². The zero-order chi connectivity index (χ0) is 14.8.